The topological polar surface area (TPSA) is 73.2 Å². The summed E-state index contributed by atoms with van der Waals surface area (Å²) in [5, 5.41) is 11.6. The van der Waals surface area contributed by atoms with E-state index >= 15 is 0 Å². The van der Waals surface area contributed by atoms with Gasteiger partial charge in [-0.25, -0.2) is 0 Å². The molecule has 0 aliphatic carbocycles. The maximum absolute atomic E-state index is 12.3. The van der Waals surface area contributed by atoms with E-state index in [1.54, 1.807) is 29.2 Å². The molecule has 0 aliphatic rings. The van der Waals surface area contributed by atoms with E-state index in [4.69, 9.17) is 5.26 Å². The van der Waals surface area contributed by atoms with Gasteiger partial charge in [-0.15, -0.1) is 0 Å². The van der Waals surface area contributed by atoms with E-state index < -0.39 is 11.8 Å². The Balaban J connectivity index is 2.76. The van der Waals surface area contributed by atoms with Gasteiger partial charge in [0.25, 0.3) is 0 Å². The Morgan fingerprint density at radius 3 is 2.27 bits per heavy atom. The first-order valence-corrected chi connectivity index (χ1v) is 7.73. The Morgan fingerprint density at radius 2 is 1.73 bits per heavy atom. The predicted octanol–water partition coefficient (Wildman–Crippen LogP) is 2.93. The van der Waals surface area contributed by atoms with Crippen molar-refractivity contribution in [3.05, 3.63) is 29.8 Å². The summed E-state index contributed by atoms with van der Waals surface area (Å²) in [7, 11) is 0. The van der Waals surface area contributed by atoms with Crippen molar-refractivity contribution in [1.29, 1.82) is 5.26 Å². The fourth-order valence-corrected chi connectivity index (χ4v) is 2.02. The Kier molecular flexibility index (Phi) is 7.69. The van der Waals surface area contributed by atoms with Crippen LogP contribution >= 0.6 is 0 Å². The molecule has 0 spiro atoms. The molecule has 0 saturated heterocycles. The zero-order valence-electron chi connectivity index (χ0n) is 13.3. The van der Waals surface area contributed by atoms with Crippen LogP contribution in [0.5, 0.6) is 0 Å². The predicted molar refractivity (Wildman–Crippen MR) is 86.2 cm³/mol. The summed E-state index contributed by atoms with van der Waals surface area (Å²) in [6.07, 6.45) is 3.68. The van der Waals surface area contributed by atoms with Gasteiger partial charge in [-0.2, -0.15) is 5.26 Å². The number of rotatable bonds is 7. The number of carbonyl (C=O) groups excluding carboxylic acids is 2. The molecule has 118 valence electrons. The van der Waals surface area contributed by atoms with Gasteiger partial charge < -0.3 is 10.2 Å². The summed E-state index contributed by atoms with van der Waals surface area (Å²) in [5.41, 5.74) is 0.714. The summed E-state index contributed by atoms with van der Waals surface area (Å²) >= 11 is 0. The smallest absolute Gasteiger partial charge is 0.313 e. The average Bonchev–Trinajstić information content (AvgIpc) is 2.55. The maximum Gasteiger partial charge on any atom is 0.313 e. The molecule has 1 rings (SSSR count). The van der Waals surface area contributed by atoms with Gasteiger partial charge in [0.2, 0.25) is 0 Å². The van der Waals surface area contributed by atoms with Gasteiger partial charge in [-0.1, -0.05) is 38.8 Å². The lowest BCUT2D eigenvalue weighted by atomic mass is 10.2. The summed E-state index contributed by atoms with van der Waals surface area (Å²) in [5.74, 6) is -1.22. The summed E-state index contributed by atoms with van der Waals surface area (Å²) < 4.78 is 0. The van der Waals surface area contributed by atoms with E-state index in [1.165, 1.54) is 0 Å². The maximum atomic E-state index is 12.3. The number of benzene rings is 1. The van der Waals surface area contributed by atoms with E-state index in [-0.39, 0.29) is 0 Å². The van der Waals surface area contributed by atoms with E-state index in [2.05, 4.69) is 5.32 Å². The van der Waals surface area contributed by atoms with Crippen LogP contribution < -0.4 is 5.32 Å². The highest BCUT2D eigenvalue weighted by atomic mass is 16.2. The minimum atomic E-state index is -0.685. The second kappa shape index (κ2) is 9.56. The molecule has 1 aromatic carbocycles. The first kappa shape index (κ1) is 17.7. The number of hydrogen-bond donors (Lipinski definition) is 1. The van der Waals surface area contributed by atoms with Crippen LogP contribution in [0.4, 0.5) is 5.69 Å². The Labute approximate surface area is 131 Å². The third-order valence-electron chi connectivity index (χ3n) is 3.34. The van der Waals surface area contributed by atoms with Crippen LogP contribution in [-0.4, -0.2) is 29.8 Å². The summed E-state index contributed by atoms with van der Waals surface area (Å²) in [4.78, 5) is 26.0. The van der Waals surface area contributed by atoms with Crippen molar-refractivity contribution in [2.24, 2.45) is 0 Å². The number of unbranched alkanes of at least 4 members (excludes halogenated alkanes) is 2. The van der Waals surface area contributed by atoms with Crippen molar-refractivity contribution in [2.75, 3.05) is 18.4 Å². The van der Waals surface area contributed by atoms with Crippen LogP contribution in [0.3, 0.4) is 0 Å². The quantitative estimate of drug-likeness (QED) is 0.787. The largest absolute Gasteiger partial charge is 0.334 e. The molecule has 0 heterocycles. The fourth-order valence-electron chi connectivity index (χ4n) is 2.02. The van der Waals surface area contributed by atoms with Crippen LogP contribution in [0.15, 0.2) is 24.3 Å². The van der Waals surface area contributed by atoms with Crippen LogP contribution in [-0.2, 0) is 9.59 Å². The molecular weight excluding hydrogens is 278 g/mol. The zero-order chi connectivity index (χ0) is 16.4. The molecule has 5 heteroatoms. The summed E-state index contributed by atoms with van der Waals surface area (Å²) in [6.45, 7) is 5.27. The van der Waals surface area contributed by atoms with E-state index in [0.29, 0.717) is 24.3 Å². The fraction of sp³-hybridized carbons (Fsp3) is 0.471. The lowest BCUT2D eigenvalue weighted by Gasteiger charge is -2.21. The standard InChI is InChI=1S/C17H23N3O2/c1-3-5-11-20(12-6-4-2)17(22)16(21)19-15-10-8-7-9-14(15)13-18/h7-10H,3-6,11-12H2,1-2H3,(H,19,21). The number of amides is 2. The minimum Gasteiger partial charge on any atom is -0.334 e. The zero-order valence-corrected chi connectivity index (χ0v) is 13.3. The first-order valence-electron chi connectivity index (χ1n) is 7.73. The van der Waals surface area contributed by atoms with Gasteiger partial charge >= 0.3 is 11.8 Å². The molecule has 0 unspecified atom stereocenters. The number of hydrogen-bond acceptors (Lipinski definition) is 3. The SMILES string of the molecule is CCCCN(CCCC)C(=O)C(=O)Nc1ccccc1C#N. The van der Waals surface area contributed by atoms with Gasteiger partial charge in [-0.05, 0) is 25.0 Å². The van der Waals surface area contributed by atoms with Gasteiger partial charge in [-0.3, -0.25) is 9.59 Å². The lowest BCUT2D eigenvalue weighted by Crippen LogP contribution is -2.41. The Bertz CT molecular complexity index is 541. The number of para-hydroxylation sites is 1. The third kappa shape index (κ3) is 5.21. The molecule has 0 saturated carbocycles. The molecule has 2 amide bonds. The van der Waals surface area contributed by atoms with E-state index in [1.807, 2.05) is 19.9 Å². The van der Waals surface area contributed by atoms with Gasteiger partial charge in [0.15, 0.2) is 0 Å². The normalized spacial score (nSPS) is 9.86. The van der Waals surface area contributed by atoms with Gasteiger partial charge in [0.1, 0.15) is 6.07 Å². The first-order chi connectivity index (χ1) is 10.6. The van der Waals surface area contributed by atoms with Crippen LogP contribution in [0.1, 0.15) is 45.1 Å². The van der Waals surface area contributed by atoms with Gasteiger partial charge in [0, 0.05) is 13.1 Å². The van der Waals surface area contributed by atoms with Crippen molar-refractivity contribution in [3.8, 4) is 6.07 Å². The number of nitrogens with zero attached hydrogens (tertiary/aromatic N) is 2. The van der Waals surface area contributed by atoms with Crippen molar-refractivity contribution >= 4 is 17.5 Å². The highest BCUT2D eigenvalue weighted by Gasteiger charge is 2.21. The second-order valence-corrected chi connectivity index (χ2v) is 5.11. The molecular formula is C17H23N3O2. The van der Waals surface area contributed by atoms with Crippen molar-refractivity contribution in [2.45, 2.75) is 39.5 Å². The number of nitriles is 1. The van der Waals surface area contributed by atoms with Crippen molar-refractivity contribution < 1.29 is 9.59 Å². The molecule has 0 aliphatic heterocycles. The molecule has 22 heavy (non-hydrogen) atoms. The van der Waals surface area contributed by atoms with Crippen LogP contribution in [0, 0.1) is 11.3 Å². The summed E-state index contributed by atoms with van der Waals surface area (Å²) in [6, 6.07) is 8.65. The van der Waals surface area contributed by atoms with Crippen LogP contribution in [0.2, 0.25) is 0 Å². The number of nitrogens with one attached hydrogen (secondary N) is 1. The second-order valence-electron chi connectivity index (χ2n) is 5.11. The molecule has 0 atom stereocenters. The van der Waals surface area contributed by atoms with E-state index in [0.717, 1.165) is 25.7 Å². The molecule has 0 fully saturated rings. The number of carbonyl (C=O) groups is 2. The van der Waals surface area contributed by atoms with Crippen molar-refractivity contribution in [1.82, 2.24) is 4.90 Å². The molecule has 0 aromatic heterocycles. The highest BCUT2D eigenvalue weighted by molar-refractivity contribution is 6.39. The Hall–Kier alpha value is -2.35. The molecule has 0 bridgehead atoms. The minimum absolute atomic E-state index is 0.345. The third-order valence-corrected chi connectivity index (χ3v) is 3.34. The van der Waals surface area contributed by atoms with E-state index in [9.17, 15) is 9.59 Å². The average molecular weight is 301 g/mol. The number of anilines is 1. The molecule has 1 N–H and O–H groups in total. The van der Waals surface area contributed by atoms with Crippen LogP contribution in [0.25, 0.3) is 0 Å². The lowest BCUT2D eigenvalue weighted by molar-refractivity contribution is -0.143. The molecule has 5 nitrogen and oxygen atoms in total. The molecule has 0 radical (unpaired) electrons. The van der Waals surface area contributed by atoms with Gasteiger partial charge in [0.05, 0.1) is 11.3 Å². The molecule has 1 aromatic rings. The monoisotopic (exact) mass is 301 g/mol. The highest BCUT2D eigenvalue weighted by Crippen LogP contribution is 2.13. The van der Waals surface area contributed by atoms with Crippen molar-refractivity contribution in [3.63, 3.8) is 0 Å². The Morgan fingerprint density at radius 1 is 1.14 bits per heavy atom.